The Kier molecular flexibility index (Phi) is 2.77. The monoisotopic (exact) mass is 282 g/mol. The molecule has 2 saturated carbocycles. The van der Waals surface area contributed by atoms with E-state index < -0.39 is 0 Å². The predicted octanol–water partition coefficient (Wildman–Crippen LogP) is 4.49. The number of nitrogens with one attached hydrogen (secondary N) is 1. The quantitative estimate of drug-likeness (QED) is 0.840. The van der Waals surface area contributed by atoms with E-state index in [4.69, 9.17) is 12.2 Å². The Morgan fingerprint density at radius 1 is 1.15 bits per heavy atom. The van der Waals surface area contributed by atoms with Crippen molar-refractivity contribution < 1.29 is 0 Å². The molecule has 0 saturated heterocycles. The summed E-state index contributed by atoms with van der Waals surface area (Å²) in [4.78, 5) is 8.28. The van der Waals surface area contributed by atoms with Crippen LogP contribution in [0.2, 0.25) is 0 Å². The van der Waals surface area contributed by atoms with Crippen LogP contribution in [-0.2, 0) is 5.41 Å². The highest BCUT2D eigenvalue weighted by Crippen LogP contribution is 2.48. The summed E-state index contributed by atoms with van der Waals surface area (Å²) in [6.45, 7) is 0. The Hall–Kier alpha value is -1.48. The van der Waals surface area contributed by atoms with Gasteiger partial charge in [0.05, 0.1) is 5.41 Å². The Labute approximate surface area is 124 Å². The van der Waals surface area contributed by atoms with Crippen molar-refractivity contribution in [3.05, 3.63) is 58.1 Å². The number of hydrogen-bond acceptors (Lipinski definition) is 2. The fraction of sp³-hybridized carbons (Fsp3) is 0.412. The normalized spacial score (nSPS) is 20.4. The van der Waals surface area contributed by atoms with Gasteiger partial charge in [-0.15, -0.1) is 0 Å². The van der Waals surface area contributed by atoms with Crippen LogP contribution in [0.5, 0.6) is 0 Å². The third-order valence-corrected chi connectivity index (χ3v) is 4.98. The van der Waals surface area contributed by atoms with Crippen LogP contribution in [0.15, 0.2) is 36.4 Å². The van der Waals surface area contributed by atoms with Gasteiger partial charge in [-0.1, -0.05) is 49.0 Å². The van der Waals surface area contributed by atoms with Crippen molar-refractivity contribution in [3.63, 3.8) is 0 Å². The molecule has 0 spiro atoms. The van der Waals surface area contributed by atoms with Gasteiger partial charge in [0.25, 0.3) is 0 Å². The molecule has 2 aliphatic carbocycles. The second-order valence-electron chi connectivity index (χ2n) is 6.10. The van der Waals surface area contributed by atoms with Gasteiger partial charge in [0.15, 0.2) is 0 Å². The first-order chi connectivity index (χ1) is 9.78. The first-order valence-electron chi connectivity index (χ1n) is 7.45. The minimum absolute atomic E-state index is 0.0692. The van der Waals surface area contributed by atoms with E-state index >= 15 is 0 Å². The number of hydrogen-bond donors (Lipinski definition) is 1. The molecule has 1 aromatic heterocycles. The predicted molar refractivity (Wildman–Crippen MR) is 82.5 cm³/mol. The van der Waals surface area contributed by atoms with Gasteiger partial charge >= 0.3 is 0 Å². The Morgan fingerprint density at radius 3 is 2.50 bits per heavy atom. The van der Waals surface area contributed by atoms with Gasteiger partial charge in [-0.2, -0.15) is 0 Å². The van der Waals surface area contributed by atoms with Crippen molar-refractivity contribution in [3.8, 4) is 0 Å². The van der Waals surface area contributed by atoms with Gasteiger partial charge in [0.2, 0.25) is 0 Å². The topological polar surface area (TPSA) is 28.7 Å². The smallest absolute Gasteiger partial charge is 0.130 e. The van der Waals surface area contributed by atoms with Crippen LogP contribution < -0.4 is 0 Å². The average molecular weight is 282 g/mol. The van der Waals surface area contributed by atoms with Gasteiger partial charge in [-0.3, -0.25) is 0 Å². The highest BCUT2D eigenvalue weighted by molar-refractivity contribution is 7.71. The molecule has 2 aromatic rings. The molecule has 0 radical (unpaired) electrons. The van der Waals surface area contributed by atoms with E-state index in [-0.39, 0.29) is 5.41 Å². The molecule has 4 rings (SSSR count). The summed E-state index contributed by atoms with van der Waals surface area (Å²) < 4.78 is 0.739. The summed E-state index contributed by atoms with van der Waals surface area (Å²) in [6.07, 6.45) is 6.18. The number of nitrogens with zero attached hydrogens (tertiary/aromatic N) is 1. The second-order valence-corrected chi connectivity index (χ2v) is 6.52. The zero-order valence-electron chi connectivity index (χ0n) is 11.4. The zero-order chi connectivity index (χ0) is 13.6. The molecule has 3 heteroatoms. The van der Waals surface area contributed by atoms with Crippen molar-refractivity contribution in [1.82, 2.24) is 9.97 Å². The summed E-state index contributed by atoms with van der Waals surface area (Å²) in [5.41, 5.74) is 2.74. The standard InChI is InChI=1S/C17H18N2S/c20-15-11-14(12-7-8-12)18-16(19-15)17(9-4-10-17)13-5-2-1-3-6-13/h1-3,5-6,11-12H,4,7-10H2,(H,18,19,20). The third-order valence-electron chi connectivity index (χ3n) is 4.77. The maximum atomic E-state index is 5.39. The first kappa shape index (κ1) is 12.3. The Morgan fingerprint density at radius 2 is 1.90 bits per heavy atom. The summed E-state index contributed by atoms with van der Waals surface area (Å²) in [6, 6.07) is 12.8. The lowest BCUT2D eigenvalue weighted by Gasteiger charge is -2.41. The van der Waals surface area contributed by atoms with E-state index in [2.05, 4.69) is 40.3 Å². The molecule has 1 N–H and O–H groups in total. The fourth-order valence-electron chi connectivity index (χ4n) is 3.27. The number of H-pyrrole nitrogens is 1. The maximum Gasteiger partial charge on any atom is 0.130 e. The highest BCUT2D eigenvalue weighted by Gasteiger charge is 2.43. The zero-order valence-corrected chi connectivity index (χ0v) is 12.2. The van der Waals surface area contributed by atoms with Gasteiger partial charge < -0.3 is 4.98 Å². The van der Waals surface area contributed by atoms with Gasteiger partial charge in [0, 0.05) is 5.69 Å². The van der Waals surface area contributed by atoms with Crippen LogP contribution >= 0.6 is 12.2 Å². The summed E-state index contributed by atoms with van der Waals surface area (Å²) in [5, 5.41) is 0. The number of aromatic amines is 1. The number of aromatic nitrogens is 2. The van der Waals surface area contributed by atoms with Crippen LogP contribution in [0.1, 0.15) is 55.1 Å². The summed E-state index contributed by atoms with van der Waals surface area (Å²) in [5.74, 6) is 1.77. The van der Waals surface area contributed by atoms with Crippen LogP contribution in [0, 0.1) is 4.64 Å². The molecule has 0 amide bonds. The molecule has 0 bridgehead atoms. The van der Waals surface area contributed by atoms with E-state index in [0.717, 1.165) is 10.5 Å². The van der Waals surface area contributed by atoms with Crippen molar-refractivity contribution in [2.75, 3.05) is 0 Å². The Balaban J connectivity index is 1.84. The molecule has 20 heavy (non-hydrogen) atoms. The van der Waals surface area contributed by atoms with Crippen molar-refractivity contribution in [1.29, 1.82) is 0 Å². The SMILES string of the molecule is S=c1cc(C2CC2)[nH]c(C2(c3ccccc3)CCC2)n1. The minimum atomic E-state index is 0.0692. The van der Waals surface area contributed by atoms with Gasteiger partial charge in [-0.25, -0.2) is 4.98 Å². The molecule has 0 unspecified atom stereocenters. The number of benzene rings is 1. The molecule has 2 fully saturated rings. The molecule has 102 valence electrons. The average Bonchev–Trinajstić information content (AvgIpc) is 3.22. The fourth-order valence-corrected chi connectivity index (χ4v) is 3.49. The Bertz CT molecular complexity index is 682. The largest absolute Gasteiger partial charge is 0.346 e. The van der Waals surface area contributed by atoms with Crippen LogP contribution in [-0.4, -0.2) is 9.97 Å². The van der Waals surface area contributed by atoms with E-state index in [1.54, 1.807) is 0 Å². The van der Waals surface area contributed by atoms with E-state index in [0.29, 0.717) is 5.92 Å². The molecular formula is C17H18N2S. The van der Waals surface area contributed by atoms with Crippen molar-refractivity contribution in [2.24, 2.45) is 0 Å². The molecule has 2 nitrogen and oxygen atoms in total. The molecule has 1 heterocycles. The van der Waals surface area contributed by atoms with Gasteiger partial charge in [-0.05, 0) is 43.2 Å². The van der Waals surface area contributed by atoms with E-state index in [9.17, 15) is 0 Å². The lowest BCUT2D eigenvalue weighted by molar-refractivity contribution is 0.284. The van der Waals surface area contributed by atoms with Crippen LogP contribution in [0.4, 0.5) is 0 Å². The molecule has 2 aliphatic rings. The molecule has 1 aromatic carbocycles. The van der Waals surface area contributed by atoms with Crippen molar-refractivity contribution >= 4 is 12.2 Å². The van der Waals surface area contributed by atoms with Gasteiger partial charge in [0.1, 0.15) is 10.5 Å². The maximum absolute atomic E-state index is 5.39. The summed E-state index contributed by atoms with van der Waals surface area (Å²) >= 11 is 5.39. The molecular weight excluding hydrogens is 264 g/mol. The van der Waals surface area contributed by atoms with E-state index in [1.807, 2.05) is 6.07 Å². The number of rotatable bonds is 3. The second kappa shape index (κ2) is 4.52. The lowest BCUT2D eigenvalue weighted by Crippen LogP contribution is -2.37. The summed E-state index contributed by atoms with van der Waals surface area (Å²) in [7, 11) is 0. The lowest BCUT2D eigenvalue weighted by atomic mass is 9.64. The molecule has 0 atom stereocenters. The highest BCUT2D eigenvalue weighted by atomic mass is 32.1. The minimum Gasteiger partial charge on any atom is -0.346 e. The molecule has 0 aliphatic heterocycles. The van der Waals surface area contributed by atoms with Crippen molar-refractivity contribution in [2.45, 2.75) is 43.4 Å². The van der Waals surface area contributed by atoms with Crippen LogP contribution in [0.25, 0.3) is 0 Å². The van der Waals surface area contributed by atoms with E-state index in [1.165, 1.54) is 43.4 Å². The van der Waals surface area contributed by atoms with Crippen LogP contribution in [0.3, 0.4) is 0 Å². The third kappa shape index (κ3) is 1.92. The first-order valence-corrected chi connectivity index (χ1v) is 7.86.